The maximum atomic E-state index is 14.4. The van der Waals surface area contributed by atoms with Gasteiger partial charge in [-0.15, -0.1) is 0 Å². The van der Waals surface area contributed by atoms with Crippen LogP contribution in [0.25, 0.3) is 33.4 Å². The molecular formula is C29H6F10N4. The van der Waals surface area contributed by atoms with Crippen molar-refractivity contribution in [3.63, 3.8) is 0 Å². The van der Waals surface area contributed by atoms with Crippen molar-refractivity contribution in [2.75, 3.05) is 0 Å². The third-order valence-electron chi connectivity index (χ3n) is 6.90. The van der Waals surface area contributed by atoms with E-state index in [1.807, 2.05) is 0 Å². The molecule has 3 aromatic rings. The molecule has 43 heavy (non-hydrogen) atoms. The maximum Gasteiger partial charge on any atom is 0.417 e. The summed E-state index contributed by atoms with van der Waals surface area (Å²) in [6.45, 7) is 0. The Hall–Kier alpha value is -5.60. The zero-order valence-corrected chi connectivity index (χ0v) is 20.5. The summed E-state index contributed by atoms with van der Waals surface area (Å²) in [5.74, 6) is -1.42. The normalized spacial score (nSPS) is 13.2. The van der Waals surface area contributed by atoms with Gasteiger partial charge in [0.15, 0.2) is 0 Å². The van der Waals surface area contributed by atoms with Crippen molar-refractivity contribution in [2.24, 2.45) is 0 Å². The minimum Gasteiger partial charge on any atom is -0.207 e. The first-order chi connectivity index (χ1) is 20.0. The summed E-state index contributed by atoms with van der Waals surface area (Å²) in [5, 5.41) is 38.2. The zero-order valence-electron chi connectivity index (χ0n) is 20.5. The molecule has 0 atom stereocenters. The number of rotatable bonds is 0. The molecule has 14 heteroatoms. The van der Waals surface area contributed by atoms with Crippen LogP contribution >= 0.6 is 0 Å². The fourth-order valence-electron chi connectivity index (χ4n) is 5.36. The van der Waals surface area contributed by atoms with Gasteiger partial charge in [-0.2, -0.15) is 60.6 Å². The lowest BCUT2D eigenvalue weighted by Crippen LogP contribution is -2.13. The topological polar surface area (TPSA) is 95.2 Å². The summed E-state index contributed by atoms with van der Waals surface area (Å²) >= 11 is 0. The molecule has 2 aliphatic rings. The molecule has 0 heterocycles. The highest BCUT2D eigenvalue weighted by molar-refractivity contribution is 6.12. The van der Waals surface area contributed by atoms with E-state index >= 15 is 0 Å². The standard InChI is InChI=1S/C29H6F10N4/c30-14-3-20-24(12(9-42)10-43)16-6-17-15(5-18(16)26(20)22(4-14)29(37,38)39)23(11(7-40)8-41)19-1-13(27(31,32)33)2-21(25(17)19)28(34,35)36/h1-6H. The molecule has 0 unspecified atom stereocenters. The Bertz CT molecular complexity index is 2000. The highest BCUT2D eigenvalue weighted by atomic mass is 19.4. The van der Waals surface area contributed by atoms with Gasteiger partial charge < -0.3 is 0 Å². The minimum absolute atomic E-state index is 0.121. The summed E-state index contributed by atoms with van der Waals surface area (Å²) in [4.78, 5) is 0. The Balaban J connectivity index is 2.04. The predicted molar refractivity (Wildman–Crippen MR) is 127 cm³/mol. The van der Waals surface area contributed by atoms with Crippen LogP contribution in [0.1, 0.15) is 38.9 Å². The summed E-state index contributed by atoms with van der Waals surface area (Å²) in [7, 11) is 0. The van der Waals surface area contributed by atoms with Crippen LogP contribution in [-0.4, -0.2) is 0 Å². The van der Waals surface area contributed by atoms with E-state index in [1.165, 1.54) is 24.3 Å². The number of hydrogen-bond acceptors (Lipinski definition) is 4. The van der Waals surface area contributed by atoms with Gasteiger partial charge in [0.25, 0.3) is 0 Å². The van der Waals surface area contributed by atoms with E-state index in [-0.39, 0.29) is 18.2 Å². The van der Waals surface area contributed by atoms with Crippen LogP contribution < -0.4 is 0 Å². The molecule has 5 rings (SSSR count). The van der Waals surface area contributed by atoms with E-state index in [0.717, 1.165) is 12.1 Å². The maximum absolute atomic E-state index is 14.4. The van der Waals surface area contributed by atoms with Gasteiger partial charge in [-0.05, 0) is 69.8 Å². The van der Waals surface area contributed by atoms with E-state index in [9.17, 15) is 65.0 Å². The second-order valence-electron chi connectivity index (χ2n) is 9.21. The van der Waals surface area contributed by atoms with Crippen LogP contribution in [0.4, 0.5) is 43.9 Å². The van der Waals surface area contributed by atoms with Crippen molar-refractivity contribution in [3.05, 3.63) is 92.3 Å². The van der Waals surface area contributed by atoms with Crippen LogP contribution in [0.3, 0.4) is 0 Å². The number of alkyl halides is 9. The van der Waals surface area contributed by atoms with Crippen LogP contribution in [0.2, 0.25) is 0 Å². The van der Waals surface area contributed by atoms with E-state index in [4.69, 9.17) is 0 Å². The first-order valence-electron chi connectivity index (χ1n) is 11.5. The molecule has 3 aromatic carbocycles. The van der Waals surface area contributed by atoms with Crippen molar-refractivity contribution in [1.29, 1.82) is 21.0 Å². The predicted octanol–water partition coefficient (Wildman–Crippen LogP) is 8.54. The SMILES string of the molecule is N#CC(C#N)=C1c2cc3c(cc2-c2c1cc(F)cc2C(F)(F)F)C(=C(C#N)C#N)c1cc(C(F)(F)F)cc(C(F)(F)F)c1-3. The van der Waals surface area contributed by atoms with Crippen LogP contribution in [0.15, 0.2) is 47.5 Å². The zero-order chi connectivity index (χ0) is 31.8. The number of nitrogens with zero attached hydrogens (tertiary/aromatic N) is 4. The van der Waals surface area contributed by atoms with Gasteiger partial charge >= 0.3 is 18.5 Å². The van der Waals surface area contributed by atoms with Crippen LogP contribution in [0.5, 0.6) is 0 Å². The number of hydrogen-bond donors (Lipinski definition) is 0. The van der Waals surface area contributed by atoms with Gasteiger partial charge in [0.05, 0.1) is 16.7 Å². The number of nitriles is 4. The number of halogens is 10. The van der Waals surface area contributed by atoms with E-state index in [2.05, 4.69) is 0 Å². The summed E-state index contributed by atoms with van der Waals surface area (Å²) in [6, 6.07) is 8.19. The quantitative estimate of drug-likeness (QED) is 0.132. The van der Waals surface area contributed by atoms with Crippen LogP contribution in [0, 0.1) is 51.1 Å². The molecule has 0 radical (unpaired) electrons. The molecule has 4 nitrogen and oxygen atoms in total. The Morgan fingerprint density at radius 1 is 0.465 bits per heavy atom. The largest absolute Gasteiger partial charge is 0.417 e. The van der Waals surface area contributed by atoms with Crippen molar-refractivity contribution in [1.82, 2.24) is 0 Å². The van der Waals surface area contributed by atoms with E-state index in [1.54, 1.807) is 0 Å². The van der Waals surface area contributed by atoms with Crippen molar-refractivity contribution in [2.45, 2.75) is 18.5 Å². The minimum atomic E-state index is -5.44. The highest BCUT2D eigenvalue weighted by Gasteiger charge is 2.45. The van der Waals surface area contributed by atoms with Gasteiger partial charge in [0.1, 0.15) is 41.2 Å². The van der Waals surface area contributed by atoms with Gasteiger partial charge in [0.2, 0.25) is 0 Å². The third kappa shape index (κ3) is 4.27. The molecular weight excluding hydrogens is 594 g/mol. The fourth-order valence-corrected chi connectivity index (χ4v) is 5.36. The van der Waals surface area contributed by atoms with Gasteiger partial charge in [-0.1, -0.05) is 0 Å². The number of fused-ring (bicyclic) bond motifs is 6. The average molecular weight is 600 g/mol. The molecule has 0 N–H and O–H groups in total. The molecule has 2 aliphatic carbocycles. The molecule has 0 aromatic heterocycles. The second kappa shape index (κ2) is 9.20. The van der Waals surface area contributed by atoms with Crippen LogP contribution in [-0.2, 0) is 18.5 Å². The van der Waals surface area contributed by atoms with E-state index in [0.29, 0.717) is 6.07 Å². The summed E-state index contributed by atoms with van der Waals surface area (Å²) in [5.41, 5.74) is -13.2. The molecule has 0 aliphatic heterocycles. The van der Waals surface area contributed by atoms with E-state index < -0.39 is 108 Å². The van der Waals surface area contributed by atoms with Crippen molar-refractivity contribution >= 4 is 11.1 Å². The monoisotopic (exact) mass is 600 g/mol. The lowest BCUT2D eigenvalue weighted by molar-refractivity contribution is -0.143. The first kappa shape index (κ1) is 28.9. The Kier molecular flexibility index (Phi) is 6.19. The molecule has 0 saturated carbocycles. The number of allylic oxidation sites excluding steroid dienone is 2. The second-order valence-corrected chi connectivity index (χ2v) is 9.21. The average Bonchev–Trinajstić information content (AvgIpc) is 3.39. The van der Waals surface area contributed by atoms with Gasteiger partial charge in [-0.3, -0.25) is 0 Å². The molecule has 0 bridgehead atoms. The van der Waals surface area contributed by atoms with Crippen molar-refractivity contribution < 1.29 is 43.9 Å². The summed E-state index contributed by atoms with van der Waals surface area (Å²) in [6.07, 6.45) is -16.0. The summed E-state index contributed by atoms with van der Waals surface area (Å²) < 4.78 is 141. The first-order valence-corrected chi connectivity index (χ1v) is 11.5. The molecule has 0 fully saturated rings. The molecule has 212 valence electrons. The van der Waals surface area contributed by atoms with Gasteiger partial charge in [-0.25, -0.2) is 4.39 Å². The van der Waals surface area contributed by atoms with Crippen molar-refractivity contribution in [3.8, 4) is 46.5 Å². The Morgan fingerprint density at radius 3 is 1.23 bits per heavy atom. The molecule has 0 spiro atoms. The highest BCUT2D eigenvalue weighted by Crippen LogP contribution is 2.58. The fraction of sp³-hybridized carbons (Fsp3) is 0.103. The third-order valence-corrected chi connectivity index (χ3v) is 6.90. The lowest BCUT2D eigenvalue weighted by atomic mass is 9.92. The van der Waals surface area contributed by atoms with Gasteiger partial charge in [0, 0.05) is 22.3 Å². The smallest absolute Gasteiger partial charge is 0.207 e. The molecule has 0 amide bonds. The Labute approximate surface area is 233 Å². The Morgan fingerprint density at radius 2 is 0.860 bits per heavy atom. The molecule has 0 saturated heterocycles. The lowest BCUT2D eigenvalue weighted by Gasteiger charge is -2.17. The number of benzene rings is 3.